The zero-order valence-electron chi connectivity index (χ0n) is 12.5. The molecule has 0 aliphatic rings. The van der Waals surface area contributed by atoms with Gasteiger partial charge in [-0.2, -0.15) is 0 Å². The molecule has 0 spiro atoms. The first-order valence-corrected chi connectivity index (χ1v) is 7.31. The van der Waals surface area contributed by atoms with Gasteiger partial charge in [0, 0.05) is 5.56 Å². The van der Waals surface area contributed by atoms with E-state index in [0.717, 1.165) is 6.42 Å². The molecule has 0 aliphatic carbocycles. The second-order valence-corrected chi connectivity index (χ2v) is 4.97. The van der Waals surface area contributed by atoms with E-state index in [0.29, 0.717) is 33.9 Å². The molecular formula is C17H16O5. The molecule has 3 rings (SSSR count). The van der Waals surface area contributed by atoms with Gasteiger partial charge in [-0.1, -0.05) is 25.5 Å². The summed E-state index contributed by atoms with van der Waals surface area (Å²) < 4.78 is 16.1. The predicted molar refractivity (Wildman–Crippen MR) is 82.2 cm³/mol. The zero-order chi connectivity index (χ0) is 15.7. The lowest BCUT2D eigenvalue weighted by atomic mass is 10.1. The summed E-state index contributed by atoms with van der Waals surface area (Å²) in [6.07, 6.45) is 1.32. The summed E-state index contributed by atoms with van der Waals surface area (Å²) in [6, 6.07) is 7.10. The Bertz CT molecular complexity index is 900. The second-order valence-electron chi connectivity index (χ2n) is 4.97. The Morgan fingerprint density at radius 2 is 1.95 bits per heavy atom. The number of furan rings is 1. The molecule has 2 heterocycles. The minimum atomic E-state index is -0.550. The van der Waals surface area contributed by atoms with Crippen LogP contribution in [0.15, 0.2) is 37.9 Å². The van der Waals surface area contributed by atoms with Crippen LogP contribution in [-0.4, -0.2) is 12.6 Å². The molecule has 0 N–H and O–H groups in total. The normalized spacial score (nSPS) is 11.2. The highest BCUT2D eigenvalue weighted by molar-refractivity contribution is 6.05. The van der Waals surface area contributed by atoms with Gasteiger partial charge in [-0.15, -0.1) is 0 Å². The van der Waals surface area contributed by atoms with Crippen LogP contribution >= 0.6 is 0 Å². The summed E-state index contributed by atoms with van der Waals surface area (Å²) in [7, 11) is 0. The maximum atomic E-state index is 12.3. The number of carbonyl (C=O) groups is 1. The van der Waals surface area contributed by atoms with Gasteiger partial charge in [0.1, 0.15) is 11.0 Å². The summed E-state index contributed by atoms with van der Waals surface area (Å²) in [5.41, 5.74) is 0.900. The molecule has 0 unspecified atom stereocenters. The van der Waals surface area contributed by atoms with Crippen LogP contribution in [0, 0.1) is 0 Å². The van der Waals surface area contributed by atoms with Crippen molar-refractivity contribution < 1.29 is 18.4 Å². The first kappa shape index (κ1) is 14.4. The van der Waals surface area contributed by atoms with Crippen molar-refractivity contribution in [3.63, 3.8) is 0 Å². The number of rotatable bonds is 4. The van der Waals surface area contributed by atoms with Crippen LogP contribution in [0.1, 0.15) is 36.4 Å². The van der Waals surface area contributed by atoms with Crippen molar-refractivity contribution >= 4 is 27.9 Å². The van der Waals surface area contributed by atoms with Gasteiger partial charge in [-0.05, 0) is 25.5 Å². The summed E-state index contributed by atoms with van der Waals surface area (Å²) in [4.78, 5) is 24.4. The third kappa shape index (κ3) is 2.19. The van der Waals surface area contributed by atoms with Gasteiger partial charge in [0.25, 0.3) is 0 Å². The van der Waals surface area contributed by atoms with Crippen LogP contribution < -0.4 is 5.63 Å². The fraction of sp³-hybridized carbons (Fsp3) is 0.294. The van der Waals surface area contributed by atoms with E-state index in [1.807, 2.05) is 13.0 Å². The Hall–Kier alpha value is -2.56. The monoisotopic (exact) mass is 300 g/mol. The fourth-order valence-electron chi connectivity index (χ4n) is 2.61. The first-order valence-electron chi connectivity index (χ1n) is 7.31. The SMILES string of the molecule is CCCc1c(C(=O)OCC)oc2c1c(=O)oc1ccccc12. The Morgan fingerprint density at radius 3 is 2.68 bits per heavy atom. The van der Waals surface area contributed by atoms with E-state index in [1.54, 1.807) is 25.1 Å². The average Bonchev–Trinajstić information content (AvgIpc) is 2.89. The zero-order valence-corrected chi connectivity index (χ0v) is 12.5. The molecule has 5 nitrogen and oxygen atoms in total. The smallest absolute Gasteiger partial charge is 0.374 e. The van der Waals surface area contributed by atoms with Gasteiger partial charge in [-0.25, -0.2) is 9.59 Å². The van der Waals surface area contributed by atoms with E-state index in [1.165, 1.54) is 0 Å². The Morgan fingerprint density at radius 1 is 1.18 bits per heavy atom. The minimum Gasteiger partial charge on any atom is -0.460 e. The molecule has 0 fully saturated rings. The highest BCUT2D eigenvalue weighted by Crippen LogP contribution is 2.30. The maximum absolute atomic E-state index is 12.3. The largest absolute Gasteiger partial charge is 0.460 e. The van der Waals surface area contributed by atoms with Crippen LogP contribution in [0.5, 0.6) is 0 Å². The number of fused-ring (bicyclic) bond motifs is 3. The third-order valence-electron chi connectivity index (χ3n) is 3.51. The Labute approximate surface area is 126 Å². The minimum absolute atomic E-state index is 0.0994. The summed E-state index contributed by atoms with van der Waals surface area (Å²) in [6.45, 7) is 3.94. The summed E-state index contributed by atoms with van der Waals surface area (Å²) in [5, 5.41) is 1.01. The molecule has 0 saturated heterocycles. The number of aryl methyl sites for hydroxylation is 1. The average molecular weight is 300 g/mol. The van der Waals surface area contributed by atoms with Crippen molar-refractivity contribution in [1.29, 1.82) is 0 Å². The van der Waals surface area contributed by atoms with E-state index in [4.69, 9.17) is 13.6 Å². The molecule has 5 heteroatoms. The number of ether oxygens (including phenoxy) is 1. The highest BCUT2D eigenvalue weighted by atomic mass is 16.5. The maximum Gasteiger partial charge on any atom is 0.374 e. The Balaban J connectivity index is 2.39. The molecule has 0 bridgehead atoms. The van der Waals surface area contributed by atoms with E-state index in [-0.39, 0.29) is 12.4 Å². The summed E-state index contributed by atoms with van der Waals surface area (Å²) in [5.74, 6) is -0.451. The van der Waals surface area contributed by atoms with Crippen molar-refractivity contribution in [2.75, 3.05) is 6.61 Å². The van der Waals surface area contributed by atoms with Gasteiger partial charge in [0.05, 0.1) is 12.0 Å². The highest BCUT2D eigenvalue weighted by Gasteiger charge is 2.25. The lowest BCUT2D eigenvalue weighted by Crippen LogP contribution is -2.07. The third-order valence-corrected chi connectivity index (χ3v) is 3.51. The fourth-order valence-corrected chi connectivity index (χ4v) is 2.61. The van der Waals surface area contributed by atoms with Crippen molar-refractivity contribution in [2.45, 2.75) is 26.7 Å². The van der Waals surface area contributed by atoms with Gasteiger partial charge >= 0.3 is 11.6 Å². The first-order chi connectivity index (χ1) is 10.7. The van der Waals surface area contributed by atoms with Crippen LogP contribution in [0.4, 0.5) is 0 Å². The van der Waals surface area contributed by atoms with Crippen LogP contribution in [0.2, 0.25) is 0 Å². The molecular weight excluding hydrogens is 284 g/mol. The number of hydrogen-bond donors (Lipinski definition) is 0. The topological polar surface area (TPSA) is 69.7 Å². The van der Waals surface area contributed by atoms with Crippen LogP contribution in [0.3, 0.4) is 0 Å². The molecule has 3 aromatic rings. The van der Waals surface area contributed by atoms with Gasteiger partial charge in [-0.3, -0.25) is 0 Å². The molecule has 0 atom stereocenters. The van der Waals surface area contributed by atoms with E-state index >= 15 is 0 Å². The predicted octanol–water partition coefficient (Wildman–Crippen LogP) is 3.67. The molecule has 1 aromatic carbocycles. The Kier molecular flexibility index (Phi) is 3.71. The summed E-state index contributed by atoms with van der Waals surface area (Å²) >= 11 is 0. The van der Waals surface area contributed by atoms with Crippen LogP contribution in [0.25, 0.3) is 21.9 Å². The molecule has 0 amide bonds. The second kappa shape index (κ2) is 5.67. The van der Waals surface area contributed by atoms with Crippen molar-refractivity contribution in [3.05, 3.63) is 46.0 Å². The molecule has 0 aliphatic heterocycles. The van der Waals surface area contributed by atoms with Gasteiger partial charge in [0.15, 0.2) is 5.58 Å². The molecule has 0 saturated carbocycles. The van der Waals surface area contributed by atoms with Crippen molar-refractivity contribution in [2.24, 2.45) is 0 Å². The van der Waals surface area contributed by atoms with Crippen molar-refractivity contribution in [1.82, 2.24) is 0 Å². The molecule has 0 radical (unpaired) electrons. The van der Waals surface area contributed by atoms with E-state index < -0.39 is 11.6 Å². The van der Waals surface area contributed by atoms with Gasteiger partial charge in [0.2, 0.25) is 5.76 Å². The number of benzene rings is 1. The standard InChI is InChI=1S/C17H16O5/c1-3-7-11-13-14(22-15(11)17(19)20-4-2)10-8-5-6-9-12(10)21-16(13)18/h5-6,8-9H,3-4,7H2,1-2H3. The van der Waals surface area contributed by atoms with Crippen molar-refractivity contribution in [3.8, 4) is 0 Å². The number of carbonyl (C=O) groups excluding carboxylic acids is 1. The lowest BCUT2D eigenvalue weighted by Gasteiger charge is -2.00. The van der Waals surface area contributed by atoms with Crippen LogP contribution in [-0.2, 0) is 11.2 Å². The lowest BCUT2D eigenvalue weighted by molar-refractivity contribution is 0.0491. The molecule has 22 heavy (non-hydrogen) atoms. The van der Waals surface area contributed by atoms with E-state index in [9.17, 15) is 9.59 Å². The molecule has 2 aromatic heterocycles. The quantitative estimate of drug-likeness (QED) is 0.543. The number of esters is 1. The number of para-hydroxylation sites is 1. The number of hydrogen-bond acceptors (Lipinski definition) is 5. The van der Waals surface area contributed by atoms with Gasteiger partial charge < -0.3 is 13.6 Å². The molecule has 114 valence electrons. The van der Waals surface area contributed by atoms with E-state index in [2.05, 4.69) is 0 Å².